The van der Waals surface area contributed by atoms with Crippen molar-refractivity contribution in [1.82, 2.24) is 4.72 Å². The maximum atomic E-state index is 12.3. The lowest BCUT2D eigenvalue weighted by Gasteiger charge is -2.12. The van der Waals surface area contributed by atoms with Crippen LogP contribution in [0.3, 0.4) is 0 Å². The Balaban J connectivity index is 1.89. The van der Waals surface area contributed by atoms with E-state index >= 15 is 0 Å². The Morgan fingerprint density at radius 3 is 2.44 bits per heavy atom. The van der Waals surface area contributed by atoms with Gasteiger partial charge in [-0.05, 0) is 62.7 Å². The maximum Gasteiger partial charge on any atom is 0.240 e. The van der Waals surface area contributed by atoms with Crippen molar-refractivity contribution in [3.63, 3.8) is 0 Å². The predicted molar refractivity (Wildman–Crippen MR) is 99.1 cm³/mol. The lowest BCUT2D eigenvalue weighted by atomic mass is 10.2. The first-order valence-corrected chi connectivity index (χ1v) is 9.79. The van der Waals surface area contributed by atoms with Gasteiger partial charge in [-0.25, -0.2) is 13.1 Å². The van der Waals surface area contributed by atoms with Gasteiger partial charge in [0.2, 0.25) is 10.0 Å². The highest BCUT2D eigenvalue weighted by molar-refractivity contribution is 7.89. The standard InChI is InChI=1S/C18H22ClNO4S/c1-13(2)24-15-5-7-16(8-6-15)25(21,22)20-10-11-23-18-12-14(3)4-9-17(18)19/h4-9,12-13,20H,10-11H2,1-3H3. The van der Waals surface area contributed by atoms with Crippen molar-refractivity contribution < 1.29 is 17.9 Å². The molecule has 0 aliphatic heterocycles. The van der Waals surface area contributed by atoms with E-state index in [0.717, 1.165) is 5.56 Å². The van der Waals surface area contributed by atoms with Gasteiger partial charge in [0.15, 0.2) is 0 Å². The number of hydrogen-bond acceptors (Lipinski definition) is 4. The van der Waals surface area contributed by atoms with E-state index < -0.39 is 10.0 Å². The lowest BCUT2D eigenvalue weighted by molar-refractivity contribution is 0.242. The molecule has 1 N–H and O–H groups in total. The number of benzene rings is 2. The molecule has 136 valence electrons. The van der Waals surface area contributed by atoms with Crippen molar-refractivity contribution in [3.05, 3.63) is 53.1 Å². The molecule has 0 fully saturated rings. The smallest absolute Gasteiger partial charge is 0.240 e. The van der Waals surface area contributed by atoms with Gasteiger partial charge in [-0.3, -0.25) is 0 Å². The second-order valence-corrected chi connectivity index (χ2v) is 7.99. The van der Waals surface area contributed by atoms with Crippen LogP contribution in [0.15, 0.2) is 47.4 Å². The van der Waals surface area contributed by atoms with E-state index in [-0.39, 0.29) is 24.2 Å². The van der Waals surface area contributed by atoms with Gasteiger partial charge in [0, 0.05) is 6.54 Å². The van der Waals surface area contributed by atoms with Gasteiger partial charge in [0.25, 0.3) is 0 Å². The van der Waals surface area contributed by atoms with E-state index in [0.29, 0.717) is 16.5 Å². The Labute approximate surface area is 154 Å². The maximum absolute atomic E-state index is 12.3. The van der Waals surface area contributed by atoms with E-state index in [1.165, 1.54) is 12.1 Å². The summed E-state index contributed by atoms with van der Waals surface area (Å²) in [6, 6.07) is 11.7. The summed E-state index contributed by atoms with van der Waals surface area (Å²) < 4.78 is 38.1. The van der Waals surface area contributed by atoms with Crippen molar-refractivity contribution in [3.8, 4) is 11.5 Å². The predicted octanol–water partition coefficient (Wildman–Crippen LogP) is 3.79. The molecular weight excluding hydrogens is 362 g/mol. The number of halogens is 1. The third-order valence-corrected chi connectivity index (χ3v) is 5.03. The quantitative estimate of drug-likeness (QED) is 0.704. The SMILES string of the molecule is Cc1ccc(Cl)c(OCCNS(=O)(=O)c2ccc(OC(C)C)cc2)c1. The zero-order valence-corrected chi connectivity index (χ0v) is 16.0. The Morgan fingerprint density at radius 2 is 1.80 bits per heavy atom. The molecule has 2 aromatic rings. The highest BCUT2D eigenvalue weighted by atomic mass is 35.5. The summed E-state index contributed by atoms with van der Waals surface area (Å²) >= 11 is 6.04. The molecule has 2 rings (SSSR count). The average Bonchev–Trinajstić information content (AvgIpc) is 2.54. The van der Waals surface area contributed by atoms with E-state index in [1.54, 1.807) is 18.2 Å². The van der Waals surface area contributed by atoms with Crippen LogP contribution in [0.4, 0.5) is 0 Å². The molecule has 0 bridgehead atoms. The average molecular weight is 384 g/mol. The molecule has 0 amide bonds. The van der Waals surface area contributed by atoms with Gasteiger partial charge in [-0.15, -0.1) is 0 Å². The molecule has 0 radical (unpaired) electrons. The molecule has 0 saturated heterocycles. The normalized spacial score (nSPS) is 11.6. The highest BCUT2D eigenvalue weighted by Crippen LogP contribution is 2.25. The molecule has 5 nitrogen and oxygen atoms in total. The molecule has 25 heavy (non-hydrogen) atoms. The monoisotopic (exact) mass is 383 g/mol. The second kappa shape index (κ2) is 8.56. The third kappa shape index (κ3) is 5.92. The van der Waals surface area contributed by atoms with E-state index in [2.05, 4.69) is 4.72 Å². The molecule has 2 aromatic carbocycles. The fourth-order valence-corrected chi connectivity index (χ4v) is 3.30. The summed E-state index contributed by atoms with van der Waals surface area (Å²) in [5.41, 5.74) is 1.02. The Kier molecular flexibility index (Phi) is 6.70. The number of rotatable bonds is 8. The largest absolute Gasteiger partial charge is 0.491 e. The summed E-state index contributed by atoms with van der Waals surface area (Å²) in [7, 11) is -3.60. The van der Waals surface area contributed by atoms with Gasteiger partial charge in [-0.1, -0.05) is 17.7 Å². The summed E-state index contributed by atoms with van der Waals surface area (Å²) in [5.74, 6) is 1.17. The van der Waals surface area contributed by atoms with Crippen LogP contribution in [-0.2, 0) is 10.0 Å². The first kappa shape index (κ1) is 19.6. The Hall–Kier alpha value is -1.76. The van der Waals surface area contributed by atoms with Crippen LogP contribution in [0, 0.1) is 6.92 Å². The summed E-state index contributed by atoms with van der Waals surface area (Å²) in [5, 5.41) is 0.495. The number of aryl methyl sites for hydroxylation is 1. The number of nitrogens with one attached hydrogen (secondary N) is 1. The lowest BCUT2D eigenvalue weighted by Crippen LogP contribution is -2.28. The first-order chi connectivity index (χ1) is 11.8. The van der Waals surface area contributed by atoms with E-state index in [1.807, 2.05) is 32.9 Å². The molecule has 0 aromatic heterocycles. The van der Waals surface area contributed by atoms with Gasteiger partial charge in [-0.2, -0.15) is 0 Å². The Bertz CT molecular complexity index is 804. The minimum atomic E-state index is -3.60. The molecule has 0 atom stereocenters. The first-order valence-electron chi connectivity index (χ1n) is 7.93. The van der Waals surface area contributed by atoms with Crippen LogP contribution in [-0.4, -0.2) is 27.7 Å². The van der Waals surface area contributed by atoms with Crippen LogP contribution in [0.2, 0.25) is 5.02 Å². The van der Waals surface area contributed by atoms with Crippen LogP contribution >= 0.6 is 11.6 Å². The molecule has 0 aliphatic carbocycles. The van der Waals surface area contributed by atoms with Crippen LogP contribution in [0.25, 0.3) is 0 Å². The summed E-state index contributed by atoms with van der Waals surface area (Å²) in [6.07, 6.45) is 0.0335. The van der Waals surface area contributed by atoms with Crippen molar-refractivity contribution in [2.24, 2.45) is 0 Å². The molecule has 0 aliphatic rings. The van der Waals surface area contributed by atoms with Gasteiger partial charge in [0.1, 0.15) is 18.1 Å². The van der Waals surface area contributed by atoms with Gasteiger partial charge < -0.3 is 9.47 Å². The number of ether oxygens (including phenoxy) is 2. The zero-order valence-electron chi connectivity index (χ0n) is 14.5. The highest BCUT2D eigenvalue weighted by Gasteiger charge is 2.13. The number of hydrogen-bond donors (Lipinski definition) is 1. The minimum absolute atomic E-state index is 0.0335. The topological polar surface area (TPSA) is 64.6 Å². The Morgan fingerprint density at radius 1 is 1.12 bits per heavy atom. The van der Waals surface area contributed by atoms with Crippen LogP contribution in [0.1, 0.15) is 19.4 Å². The molecule has 7 heteroatoms. The minimum Gasteiger partial charge on any atom is -0.491 e. The molecule has 0 unspecified atom stereocenters. The van der Waals surface area contributed by atoms with Crippen LogP contribution < -0.4 is 14.2 Å². The molecule has 0 saturated carbocycles. The van der Waals surface area contributed by atoms with Crippen molar-refractivity contribution in [2.75, 3.05) is 13.2 Å². The number of sulfonamides is 1. The molecule has 0 heterocycles. The molecule has 0 spiro atoms. The van der Waals surface area contributed by atoms with E-state index in [4.69, 9.17) is 21.1 Å². The van der Waals surface area contributed by atoms with Crippen molar-refractivity contribution in [2.45, 2.75) is 31.8 Å². The zero-order chi connectivity index (χ0) is 18.4. The van der Waals surface area contributed by atoms with Crippen molar-refractivity contribution in [1.29, 1.82) is 0 Å². The summed E-state index contributed by atoms with van der Waals surface area (Å²) in [6.45, 7) is 6.06. The van der Waals surface area contributed by atoms with Crippen molar-refractivity contribution >= 4 is 21.6 Å². The molecular formula is C18H22ClNO4S. The summed E-state index contributed by atoms with van der Waals surface area (Å²) in [4.78, 5) is 0.178. The van der Waals surface area contributed by atoms with E-state index in [9.17, 15) is 8.42 Å². The van der Waals surface area contributed by atoms with Crippen LogP contribution in [0.5, 0.6) is 11.5 Å². The fourth-order valence-electron chi connectivity index (χ4n) is 2.11. The second-order valence-electron chi connectivity index (χ2n) is 5.82. The van der Waals surface area contributed by atoms with Gasteiger partial charge >= 0.3 is 0 Å². The fraction of sp³-hybridized carbons (Fsp3) is 0.333. The van der Waals surface area contributed by atoms with Gasteiger partial charge in [0.05, 0.1) is 16.0 Å². The third-order valence-electron chi connectivity index (χ3n) is 3.24.